The van der Waals surface area contributed by atoms with Crippen molar-refractivity contribution in [3.8, 4) is 33.6 Å². The minimum Gasteiger partial charge on any atom is -0.493 e. The third-order valence-electron chi connectivity index (χ3n) is 3.59. The fourth-order valence-corrected chi connectivity index (χ4v) is 3.15. The Morgan fingerprint density at radius 1 is 1.15 bits per heavy atom. The fraction of sp³-hybridized carbons (Fsp3) is 0.188. The molecule has 0 radical (unpaired) electrons. The summed E-state index contributed by atoms with van der Waals surface area (Å²) < 4.78 is 17.4. The molecule has 0 aliphatic carbocycles. The van der Waals surface area contributed by atoms with Gasteiger partial charge in [-0.3, -0.25) is 0 Å². The largest absolute Gasteiger partial charge is 0.493 e. The maximum atomic E-state index is 11.0. The summed E-state index contributed by atoms with van der Waals surface area (Å²) in [5.74, 6) is 0.648. The SMILES string of the molecule is COc1cc(-c2cc(N)n(-c3nc(C(=O)O)cs3)n2)cc(OC)c1OC. The van der Waals surface area contributed by atoms with Crippen molar-refractivity contribution in [2.45, 2.75) is 0 Å². The molecule has 3 N–H and O–H groups in total. The molecule has 1 aromatic carbocycles. The molecule has 136 valence electrons. The summed E-state index contributed by atoms with van der Waals surface area (Å²) in [6, 6.07) is 5.15. The highest BCUT2D eigenvalue weighted by Gasteiger charge is 2.18. The summed E-state index contributed by atoms with van der Waals surface area (Å²) in [6.07, 6.45) is 0. The lowest BCUT2D eigenvalue weighted by molar-refractivity contribution is 0.0691. The van der Waals surface area contributed by atoms with E-state index in [1.807, 2.05) is 0 Å². The van der Waals surface area contributed by atoms with Gasteiger partial charge in [-0.25, -0.2) is 9.78 Å². The molecule has 10 heteroatoms. The van der Waals surface area contributed by atoms with Crippen molar-refractivity contribution in [3.05, 3.63) is 29.3 Å². The van der Waals surface area contributed by atoms with E-state index in [-0.39, 0.29) is 5.69 Å². The molecule has 0 saturated carbocycles. The highest BCUT2D eigenvalue weighted by Crippen LogP contribution is 2.41. The zero-order chi connectivity index (χ0) is 18.8. The van der Waals surface area contributed by atoms with E-state index in [0.717, 1.165) is 11.3 Å². The molecule has 26 heavy (non-hydrogen) atoms. The van der Waals surface area contributed by atoms with E-state index in [2.05, 4.69) is 10.1 Å². The zero-order valence-electron chi connectivity index (χ0n) is 14.2. The Kier molecular flexibility index (Phi) is 4.67. The van der Waals surface area contributed by atoms with Crippen molar-refractivity contribution in [1.29, 1.82) is 0 Å². The number of carboxylic acids is 1. The molecular formula is C16H16N4O5S. The predicted octanol–water partition coefficient (Wildman–Crippen LogP) is 2.30. The van der Waals surface area contributed by atoms with Gasteiger partial charge >= 0.3 is 5.97 Å². The van der Waals surface area contributed by atoms with Crippen molar-refractivity contribution in [3.63, 3.8) is 0 Å². The number of hydrogen-bond donors (Lipinski definition) is 2. The topological polar surface area (TPSA) is 122 Å². The molecule has 3 aromatic rings. The van der Waals surface area contributed by atoms with Gasteiger partial charge in [-0.2, -0.15) is 9.78 Å². The lowest BCUT2D eigenvalue weighted by atomic mass is 10.1. The Hall–Kier alpha value is -3.27. The molecular weight excluding hydrogens is 360 g/mol. The van der Waals surface area contributed by atoms with Crippen LogP contribution < -0.4 is 19.9 Å². The molecule has 0 fully saturated rings. The van der Waals surface area contributed by atoms with E-state index in [1.54, 1.807) is 18.2 Å². The molecule has 0 amide bonds. The predicted molar refractivity (Wildman–Crippen MR) is 95.7 cm³/mol. The minimum absolute atomic E-state index is 0.0609. The zero-order valence-corrected chi connectivity index (χ0v) is 15.0. The monoisotopic (exact) mass is 376 g/mol. The van der Waals surface area contributed by atoms with Gasteiger partial charge in [0.25, 0.3) is 0 Å². The van der Waals surface area contributed by atoms with Crippen molar-refractivity contribution >= 4 is 23.1 Å². The normalized spacial score (nSPS) is 10.6. The number of benzene rings is 1. The van der Waals surface area contributed by atoms with Crippen LogP contribution in [0.15, 0.2) is 23.6 Å². The molecule has 0 aliphatic heterocycles. The molecule has 0 unspecified atom stereocenters. The van der Waals surface area contributed by atoms with E-state index in [9.17, 15) is 4.79 Å². The van der Waals surface area contributed by atoms with E-state index < -0.39 is 5.97 Å². The summed E-state index contributed by atoms with van der Waals surface area (Å²) in [4.78, 5) is 15.0. The van der Waals surface area contributed by atoms with Crippen LogP contribution in [0.3, 0.4) is 0 Å². The number of aromatic nitrogens is 3. The molecule has 9 nitrogen and oxygen atoms in total. The number of anilines is 1. The molecule has 2 heterocycles. The number of aromatic carboxylic acids is 1. The third-order valence-corrected chi connectivity index (χ3v) is 4.41. The van der Waals surface area contributed by atoms with Crippen LogP contribution in [0.2, 0.25) is 0 Å². The number of rotatable bonds is 6. The number of nitrogens with zero attached hydrogens (tertiary/aromatic N) is 3. The summed E-state index contributed by atoms with van der Waals surface area (Å²) in [5, 5.41) is 15.2. The van der Waals surface area contributed by atoms with Gasteiger partial charge in [0, 0.05) is 17.0 Å². The molecule has 2 aromatic heterocycles. The van der Waals surface area contributed by atoms with Gasteiger partial charge in [0.1, 0.15) is 5.82 Å². The number of carbonyl (C=O) groups is 1. The van der Waals surface area contributed by atoms with Gasteiger partial charge in [-0.15, -0.1) is 11.3 Å². The van der Waals surface area contributed by atoms with E-state index >= 15 is 0 Å². The Labute approximate surface area is 152 Å². The van der Waals surface area contributed by atoms with E-state index in [0.29, 0.717) is 39.5 Å². The number of ether oxygens (including phenoxy) is 3. The van der Waals surface area contributed by atoms with Gasteiger partial charge in [-0.05, 0) is 12.1 Å². The first-order chi connectivity index (χ1) is 12.5. The average molecular weight is 376 g/mol. The average Bonchev–Trinajstić information content (AvgIpc) is 3.27. The Morgan fingerprint density at radius 2 is 1.81 bits per heavy atom. The highest BCUT2D eigenvalue weighted by atomic mass is 32.1. The second-order valence-corrected chi connectivity index (χ2v) is 5.94. The van der Waals surface area contributed by atoms with Crippen molar-refractivity contribution in [2.24, 2.45) is 0 Å². The van der Waals surface area contributed by atoms with Gasteiger partial charge < -0.3 is 25.1 Å². The first-order valence-corrected chi connectivity index (χ1v) is 8.21. The second kappa shape index (κ2) is 6.92. The van der Waals surface area contributed by atoms with Gasteiger partial charge in [0.2, 0.25) is 10.9 Å². The van der Waals surface area contributed by atoms with Gasteiger partial charge in [0.05, 0.1) is 27.0 Å². The molecule has 0 aliphatic rings. The molecule has 0 atom stereocenters. The summed E-state index contributed by atoms with van der Waals surface area (Å²) in [5.41, 5.74) is 7.21. The number of hydrogen-bond acceptors (Lipinski definition) is 8. The molecule has 0 saturated heterocycles. The number of carboxylic acid groups (broad SMARTS) is 1. The summed E-state index contributed by atoms with van der Waals surface area (Å²) >= 11 is 1.13. The van der Waals surface area contributed by atoms with E-state index in [1.165, 1.54) is 31.4 Å². The molecule has 0 bridgehead atoms. The van der Waals surface area contributed by atoms with Crippen LogP contribution in [0.1, 0.15) is 10.5 Å². The van der Waals surface area contributed by atoms with Crippen LogP contribution in [0.25, 0.3) is 16.4 Å². The number of nitrogens with two attached hydrogens (primary N) is 1. The smallest absolute Gasteiger partial charge is 0.355 e. The van der Waals surface area contributed by atoms with Crippen LogP contribution in [0, 0.1) is 0 Å². The quantitative estimate of drug-likeness (QED) is 0.672. The Balaban J connectivity index is 2.07. The molecule has 0 spiro atoms. The van der Waals surface area contributed by atoms with Crippen molar-refractivity contribution < 1.29 is 24.1 Å². The third kappa shape index (κ3) is 3.02. The number of thiazole rings is 1. The van der Waals surface area contributed by atoms with Gasteiger partial charge in [-0.1, -0.05) is 0 Å². The van der Waals surface area contributed by atoms with Gasteiger partial charge in [0.15, 0.2) is 17.2 Å². The maximum Gasteiger partial charge on any atom is 0.355 e. The fourth-order valence-electron chi connectivity index (χ4n) is 2.38. The first kappa shape index (κ1) is 17.5. The first-order valence-electron chi connectivity index (χ1n) is 7.33. The maximum absolute atomic E-state index is 11.0. The standard InChI is InChI=1S/C16H16N4O5S/c1-23-11-4-8(5-12(24-2)14(11)25-3)9-6-13(17)20(19-9)16-18-10(7-26-16)15(21)22/h4-7H,17H2,1-3H3,(H,21,22). The lowest BCUT2D eigenvalue weighted by Crippen LogP contribution is -2.03. The number of methoxy groups -OCH3 is 3. The van der Waals surface area contributed by atoms with Crippen molar-refractivity contribution in [1.82, 2.24) is 14.8 Å². The Morgan fingerprint density at radius 3 is 2.31 bits per heavy atom. The van der Waals surface area contributed by atoms with Crippen LogP contribution in [-0.2, 0) is 0 Å². The lowest BCUT2D eigenvalue weighted by Gasteiger charge is -2.13. The summed E-state index contributed by atoms with van der Waals surface area (Å²) in [7, 11) is 4.57. The van der Waals surface area contributed by atoms with Crippen LogP contribution in [0.5, 0.6) is 17.2 Å². The minimum atomic E-state index is -1.11. The van der Waals surface area contributed by atoms with Crippen LogP contribution in [0.4, 0.5) is 5.82 Å². The number of nitrogen functional groups attached to an aromatic ring is 1. The van der Waals surface area contributed by atoms with Crippen molar-refractivity contribution in [2.75, 3.05) is 27.1 Å². The van der Waals surface area contributed by atoms with Crippen LogP contribution in [-0.4, -0.2) is 47.2 Å². The second-order valence-electron chi connectivity index (χ2n) is 5.10. The van der Waals surface area contributed by atoms with Crippen LogP contribution >= 0.6 is 11.3 Å². The highest BCUT2D eigenvalue weighted by molar-refractivity contribution is 7.12. The summed E-state index contributed by atoms with van der Waals surface area (Å²) in [6.45, 7) is 0. The Bertz CT molecular complexity index is 940. The van der Waals surface area contributed by atoms with E-state index in [4.69, 9.17) is 25.1 Å². The molecule has 3 rings (SSSR count).